The Morgan fingerprint density at radius 2 is 1.65 bits per heavy atom. The molecule has 3 nitrogen and oxygen atoms in total. The zero-order valence-corrected chi connectivity index (χ0v) is 12.4. The maximum Gasteiger partial charge on any atom is 0.0188 e. The van der Waals surface area contributed by atoms with Crippen molar-refractivity contribution < 1.29 is 0 Å². The molecule has 4 N–H and O–H groups in total. The van der Waals surface area contributed by atoms with Crippen LogP contribution in [0.5, 0.6) is 0 Å². The highest BCUT2D eigenvalue weighted by Crippen LogP contribution is 2.28. The summed E-state index contributed by atoms with van der Waals surface area (Å²) in [5, 5.41) is 7.35. The molecule has 1 fully saturated rings. The molecule has 0 bridgehead atoms. The summed E-state index contributed by atoms with van der Waals surface area (Å²) in [5.41, 5.74) is 6.51. The Bertz CT molecular complexity index is 230. The van der Waals surface area contributed by atoms with Gasteiger partial charge in [0.15, 0.2) is 0 Å². The average molecular weight is 241 g/mol. The van der Waals surface area contributed by atoms with E-state index in [0.29, 0.717) is 12.0 Å². The Balaban J connectivity index is 2.49. The second-order valence-electron chi connectivity index (χ2n) is 7.31. The Morgan fingerprint density at radius 1 is 1.18 bits per heavy atom. The molecule has 0 amide bonds. The van der Waals surface area contributed by atoms with E-state index in [2.05, 4.69) is 52.2 Å². The maximum absolute atomic E-state index is 6.09. The molecular formula is C14H31N3. The third-order valence-corrected chi connectivity index (χ3v) is 3.69. The lowest BCUT2D eigenvalue weighted by Crippen LogP contribution is -2.62. The zero-order chi connectivity index (χ0) is 13.3. The van der Waals surface area contributed by atoms with Crippen molar-refractivity contribution in [3.8, 4) is 0 Å². The second-order valence-corrected chi connectivity index (χ2v) is 7.31. The van der Waals surface area contributed by atoms with Crippen molar-refractivity contribution >= 4 is 0 Å². The first-order chi connectivity index (χ1) is 7.61. The van der Waals surface area contributed by atoms with E-state index in [1.165, 1.54) is 12.8 Å². The molecule has 3 heteroatoms. The third-order valence-electron chi connectivity index (χ3n) is 3.69. The molecular weight excluding hydrogens is 210 g/mol. The summed E-state index contributed by atoms with van der Waals surface area (Å²) in [6.07, 6.45) is 2.34. The first-order valence-corrected chi connectivity index (χ1v) is 6.90. The molecule has 1 aliphatic heterocycles. The summed E-state index contributed by atoms with van der Waals surface area (Å²) in [6.45, 7) is 14.4. The molecule has 1 rings (SSSR count). The van der Waals surface area contributed by atoms with Crippen molar-refractivity contribution in [3.63, 3.8) is 0 Å². The molecule has 0 aromatic carbocycles. The number of rotatable bonds is 4. The molecule has 0 radical (unpaired) electrons. The van der Waals surface area contributed by atoms with Gasteiger partial charge in [0.05, 0.1) is 0 Å². The van der Waals surface area contributed by atoms with Gasteiger partial charge in [-0.25, -0.2) is 0 Å². The minimum atomic E-state index is 0.210. The topological polar surface area (TPSA) is 50.1 Å². The lowest BCUT2D eigenvalue weighted by molar-refractivity contribution is 0.144. The predicted molar refractivity (Wildman–Crippen MR) is 75.1 cm³/mol. The van der Waals surface area contributed by atoms with Gasteiger partial charge in [-0.05, 0) is 46.5 Å². The van der Waals surface area contributed by atoms with E-state index in [-0.39, 0.29) is 17.1 Å². The molecule has 0 aliphatic carbocycles. The average Bonchev–Trinajstić information content (AvgIpc) is 2.08. The van der Waals surface area contributed by atoms with Gasteiger partial charge in [-0.15, -0.1) is 0 Å². The van der Waals surface area contributed by atoms with Crippen molar-refractivity contribution in [1.82, 2.24) is 10.6 Å². The quantitative estimate of drug-likeness (QED) is 0.704. The van der Waals surface area contributed by atoms with Crippen LogP contribution in [0.4, 0.5) is 0 Å². The highest BCUT2D eigenvalue weighted by atomic mass is 15.1. The van der Waals surface area contributed by atoms with Gasteiger partial charge in [0.25, 0.3) is 0 Å². The van der Waals surface area contributed by atoms with Gasteiger partial charge in [-0.3, -0.25) is 0 Å². The second kappa shape index (κ2) is 5.25. The Hall–Kier alpha value is -0.120. The van der Waals surface area contributed by atoms with Crippen LogP contribution in [0.2, 0.25) is 0 Å². The Labute approximate surface area is 107 Å². The number of hydrogen-bond acceptors (Lipinski definition) is 3. The highest BCUT2D eigenvalue weighted by Gasteiger charge is 2.37. The van der Waals surface area contributed by atoms with Crippen LogP contribution < -0.4 is 16.4 Å². The predicted octanol–water partition coefficient (Wildman–Crippen LogP) is 1.87. The van der Waals surface area contributed by atoms with Gasteiger partial charge >= 0.3 is 0 Å². The number of hydrogen-bond donors (Lipinski definition) is 3. The molecule has 1 aliphatic rings. The SMILES string of the molecule is CC(C)C(N)CNC1CC(C)(C)NC(C)(C)C1. The van der Waals surface area contributed by atoms with Crippen molar-refractivity contribution in [1.29, 1.82) is 0 Å². The van der Waals surface area contributed by atoms with Crippen LogP contribution >= 0.6 is 0 Å². The van der Waals surface area contributed by atoms with Gasteiger partial charge in [0.1, 0.15) is 0 Å². The minimum Gasteiger partial charge on any atom is -0.326 e. The van der Waals surface area contributed by atoms with Gasteiger partial charge in [0.2, 0.25) is 0 Å². The molecule has 0 saturated carbocycles. The van der Waals surface area contributed by atoms with Gasteiger partial charge in [0, 0.05) is 29.7 Å². The fraction of sp³-hybridized carbons (Fsp3) is 1.00. The normalized spacial score (nSPS) is 26.1. The molecule has 17 heavy (non-hydrogen) atoms. The van der Waals surface area contributed by atoms with Crippen LogP contribution in [0.25, 0.3) is 0 Å². The van der Waals surface area contributed by atoms with Gasteiger partial charge in [-0.1, -0.05) is 13.8 Å². The van der Waals surface area contributed by atoms with Crippen molar-refractivity contribution in [3.05, 3.63) is 0 Å². The molecule has 0 spiro atoms. The first kappa shape index (κ1) is 14.9. The largest absolute Gasteiger partial charge is 0.326 e. The first-order valence-electron chi connectivity index (χ1n) is 6.90. The van der Waals surface area contributed by atoms with Crippen LogP contribution in [0, 0.1) is 5.92 Å². The molecule has 1 atom stereocenters. The van der Waals surface area contributed by atoms with E-state index < -0.39 is 0 Å². The number of nitrogens with two attached hydrogens (primary N) is 1. The standard InChI is InChI=1S/C14H31N3/c1-10(2)12(15)9-16-11-7-13(3,4)17-14(5,6)8-11/h10-12,16-17H,7-9,15H2,1-6H3. The maximum atomic E-state index is 6.09. The van der Waals surface area contributed by atoms with Crippen molar-refractivity contribution in [2.45, 2.75) is 77.5 Å². The van der Waals surface area contributed by atoms with Crippen LogP contribution in [0.3, 0.4) is 0 Å². The van der Waals surface area contributed by atoms with E-state index >= 15 is 0 Å². The fourth-order valence-corrected chi connectivity index (χ4v) is 3.01. The molecule has 1 unspecified atom stereocenters. The molecule has 0 aromatic heterocycles. The zero-order valence-electron chi connectivity index (χ0n) is 12.4. The van der Waals surface area contributed by atoms with E-state index in [1.54, 1.807) is 0 Å². The number of piperidine rings is 1. The number of nitrogens with one attached hydrogen (secondary N) is 2. The smallest absolute Gasteiger partial charge is 0.0188 e. The minimum absolute atomic E-state index is 0.210. The van der Waals surface area contributed by atoms with E-state index in [9.17, 15) is 0 Å². The van der Waals surface area contributed by atoms with E-state index in [0.717, 1.165) is 6.54 Å². The van der Waals surface area contributed by atoms with E-state index in [1.807, 2.05) is 0 Å². The van der Waals surface area contributed by atoms with Crippen LogP contribution in [0.15, 0.2) is 0 Å². The third kappa shape index (κ3) is 4.94. The summed E-state index contributed by atoms with van der Waals surface area (Å²) >= 11 is 0. The van der Waals surface area contributed by atoms with Crippen LogP contribution in [-0.2, 0) is 0 Å². The Kier molecular flexibility index (Phi) is 4.61. The summed E-state index contributed by atoms with van der Waals surface area (Å²) in [6, 6.07) is 0.835. The highest BCUT2D eigenvalue weighted by molar-refractivity contribution is 4.99. The molecule has 102 valence electrons. The van der Waals surface area contributed by atoms with Gasteiger partial charge in [-0.2, -0.15) is 0 Å². The Morgan fingerprint density at radius 3 is 2.06 bits per heavy atom. The fourth-order valence-electron chi connectivity index (χ4n) is 3.01. The molecule has 1 heterocycles. The summed E-state index contributed by atoms with van der Waals surface area (Å²) in [4.78, 5) is 0. The monoisotopic (exact) mass is 241 g/mol. The summed E-state index contributed by atoms with van der Waals surface area (Å²) < 4.78 is 0. The molecule has 0 aromatic rings. The summed E-state index contributed by atoms with van der Waals surface area (Å²) in [5.74, 6) is 0.547. The summed E-state index contributed by atoms with van der Waals surface area (Å²) in [7, 11) is 0. The van der Waals surface area contributed by atoms with E-state index in [4.69, 9.17) is 5.73 Å². The molecule has 1 saturated heterocycles. The van der Waals surface area contributed by atoms with Crippen molar-refractivity contribution in [2.75, 3.05) is 6.54 Å². The van der Waals surface area contributed by atoms with Gasteiger partial charge < -0.3 is 16.4 Å². The van der Waals surface area contributed by atoms with Crippen LogP contribution in [-0.4, -0.2) is 29.7 Å². The van der Waals surface area contributed by atoms with Crippen molar-refractivity contribution in [2.24, 2.45) is 11.7 Å². The van der Waals surface area contributed by atoms with Crippen LogP contribution in [0.1, 0.15) is 54.4 Å². The lowest BCUT2D eigenvalue weighted by Gasteiger charge is -2.47. The lowest BCUT2D eigenvalue weighted by atomic mass is 9.79.